The third-order valence-electron chi connectivity index (χ3n) is 5.27. The van der Waals surface area contributed by atoms with Gasteiger partial charge in [0.2, 0.25) is 0 Å². The van der Waals surface area contributed by atoms with E-state index in [1.165, 1.54) is 24.0 Å². The Morgan fingerprint density at radius 1 is 1.19 bits per heavy atom. The summed E-state index contributed by atoms with van der Waals surface area (Å²) in [5.74, 6) is 0.699. The Hall–Kier alpha value is -0.600. The van der Waals surface area contributed by atoms with Crippen molar-refractivity contribution in [2.75, 3.05) is 0 Å². The molecule has 1 aliphatic rings. The highest BCUT2D eigenvalue weighted by atomic mass is 16.6. The molecule has 0 saturated carbocycles. The first-order valence-corrected chi connectivity index (χ1v) is 8.33. The smallest absolute Gasteiger partial charge is 0.0900 e. The molecule has 21 heavy (non-hydrogen) atoms. The topological polar surface area (TPSA) is 32.8 Å². The number of hydrogen-bond acceptors (Lipinski definition) is 2. The van der Waals surface area contributed by atoms with Crippen LogP contribution in [0.25, 0.3) is 0 Å². The monoisotopic (exact) mass is 294 g/mol. The Labute approximate surface area is 131 Å². The van der Waals surface area contributed by atoms with Gasteiger partial charge in [-0.3, -0.25) is 0 Å². The summed E-state index contributed by atoms with van der Waals surface area (Å²) in [7, 11) is 0. The maximum Gasteiger partial charge on any atom is 0.0900 e. The van der Waals surface area contributed by atoms with E-state index in [9.17, 15) is 5.11 Å². The first-order valence-electron chi connectivity index (χ1n) is 8.33. The molecule has 0 aromatic heterocycles. The molecular weight excluding hydrogens is 260 g/mol. The van der Waals surface area contributed by atoms with Crippen LogP contribution >= 0.6 is 0 Å². The van der Waals surface area contributed by atoms with Crippen molar-refractivity contribution in [2.45, 2.75) is 86.0 Å². The van der Waals surface area contributed by atoms with Crippen molar-refractivity contribution >= 4 is 0 Å². The molecule has 0 aliphatic carbocycles. The molecule has 2 heteroatoms. The third kappa shape index (κ3) is 4.43. The molecule has 1 fully saturated rings. The zero-order valence-corrected chi connectivity index (χ0v) is 15.2. The van der Waals surface area contributed by atoms with Crippen LogP contribution in [0.1, 0.15) is 68.2 Å². The van der Waals surface area contributed by atoms with Gasteiger partial charge in [0.1, 0.15) is 0 Å². The van der Waals surface area contributed by atoms with Crippen molar-refractivity contribution in [3.63, 3.8) is 0 Å². The Bertz CT molecular complexity index is 413. The second-order valence-corrected chi connectivity index (χ2v) is 7.28. The minimum Gasteiger partial charge on any atom is -0.385 e. The highest BCUT2D eigenvalue weighted by Gasteiger charge is 2.51. The fraction of sp³-hybridized carbons (Fsp3) is 0.789. The zero-order valence-electron chi connectivity index (χ0n) is 15.2. The maximum absolute atomic E-state index is 11.0. The van der Waals surface area contributed by atoms with Gasteiger partial charge >= 0.3 is 0 Å². The average Bonchev–Trinajstić information content (AvgIpc) is 3.17. The van der Waals surface area contributed by atoms with Crippen molar-refractivity contribution in [1.82, 2.24) is 0 Å². The number of rotatable bonds is 7. The van der Waals surface area contributed by atoms with E-state index in [4.69, 9.17) is 4.74 Å². The predicted octanol–water partition coefficient (Wildman–Crippen LogP) is 4.88. The standard InChI is InChI=1S/C19H34O2/c1-9-10-13(4)17-18(21-17)16(7)19(8,20)15(6)11-14(5)12(2)3/h11,13,16-18,20H,9-10H2,1-8H3/b15-11+/t13-,16-,17-,18?,19+/m1/s1. The fourth-order valence-corrected chi connectivity index (χ4v) is 2.91. The molecule has 0 spiro atoms. The quantitative estimate of drug-likeness (QED) is 0.536. The number of epoxide rings is 1. The van der Waals surface area contributed by atoms with Crippen LogP contribution in [0, 0.1) is 11.8 Å². The second-order valence-electron chi connectivity index (χ2n) is 7.28. The molecular formula is C19H34O2. The molecule has 1 aliphatic heterocycles. The molecule has 0 aromatic rings. The fourth-order valence-electron chi connectivity index (χ4n) is 2.91. The molecule has 0 radical (unpaired) electrons. The van der Waals surface area contributed by atoms with Crippen LogP contribution < -0.4 is 0 Å². The second kappa shape index (κ2) is 7.11. The van der Waals surface area contributed by atoms with Gasteiger partial charge in [-0.2, -0.15) is 0 Å². The van der Waals surface area contributed by atoms with E-state index in [2.05, 4.69) is 47.6 Å². The summed E-state index contributed by atoms with van der Waals surface area (Å²) in [5, 5.41) is 11.0. The Morgan fingerprint density at radius 3 is 2.24 bits per heavy atom. The Morgan fingerprint density at radius 2 is 1.76 bits per heavy atom. The number of aliphatic hydroxyl groups is 1. The van der Waals surface area contributed by atoms with Gasteiger partial charge in [-0.25, -0.2) is 0 Å². The van der Waals surface area contributed by atoms with Crippen LogP contribution in [-0.4, -0.2) is 22.9 Å². The average molecular weight is 294 g/mol. The summed E-state index contributed by atoms with van der Waals surface area (Å²) >= 11 is 0. The van der Waals surface area contributed by atoms with Gasteiger partial charge in [-0.05, 0) is 52.5 Å². The lowest BCUT2D eigenvalue weighted by Crippen LogP contribution is -2.38. The summed E-state index contributed by atoms with van der Waals surface area (Å²) in [6, 6.07) is 0. The highest BCUT2D eigenvalue weighted by Crippen LogP contribution is 2.43. The normalized spacial score (nSPS) is 27.8. The lowest BCUT2D eigenvalue weighted by molar-refractivity contribution is 0.0295. The van der Waals surface area contributed by atoms with E-state index in [0.29, 0.717) is 12.0 Å². The van der Waals surface area contributed by atoms with Crippen LogP contribution in [0.3, 0.4) is 0 Å². The Kier molecular flexibility index (Phi) is 6.24. The maximum atomic E-state index is 11.0. The van der Waals surface area contributed by atoms with Gasteiger partial charge in [-0.15, -0.1) is 0 Å². The van der Waals surface area contributed by atoms with E-state index in [1.54, 1.807) is 0 Å². The zero-order chi connectivity index (χ0) is 16.4. The van der Waals surface area contributed by atoms with Crippen LogP contribution in [0.15, 0.2) is 22.8 Å². The summed E-state index contributed by atoms with van der Waals surface area (Å²) in [5.41, 5.74) is 2.72. The summed E-state index contributed by atoms with van der Waals surface area (Å²) in [4.78, 5) is 0. The molecule has 1 rings (SSSR count). The van der Waals surface area contributed by atoms with Crippen LogP contribution in [0.4, 0.5) is 0 Å². The molecule has 1 N–H and O–H groups in total. The van der Waals surface area contributed by atoms with Crippen LogP contribution in [0.2, 0.25) is 0 Å². The first kappa shape index (κ1) is 18.4. The molecule has 0 aromatic carbocycles. The van der Waals surface area contributed by atoms with E-state index < -0.39 is 5.60 Å². The molecule has 0 amide bonds. The molecule has 0 bridgehead atoms. The van der Waals surface area contributed by atoms with Crippen molar-refractivity contribution in [3.8, 4) is 0 Å². The first-order chi connectivity index (χ1) is 9.62. The lowest BCUT2D eigenvalue weighted by atomic mass is 9.79. The largest absolute Gasteiger partial charge is 0.385 e. The Balaban J connectivity index is 2.78. The van der Waals surface area contributed by atoms with Crippen molar-refractivity contribution in [2.24, 2.45) is 11.8 Å². The molecule has 2 nitrogen and oxygen atoms in total. The third-order valence-corrected chi connectivity index (χ3v) is 5.27. The van der Waals surface area contributed by atoms with Gasteiger partial charge in [0.15, 0.2) is 0 Å². The molecule has 1 unspecified atom stereocenters. The van der Waals surface area contributed by atoms with Gasteiger partial charge in [0.25, 0.3) is 0 Å². The van der Waals surface area contributed by atoms with Gasteiger partial charge in [0.05, 0.1) is 17.8 Å². The van der Waals surface area contributed by atoms with Crippen LogP contribution in [0.5, 0.6) is 0 Å². The molecule has 5 atom stereocenters. The van der Waals surface area contributed by atoms with Crippen molar-refractivity contribution in [3.05, 3.63) is 22.8 Å². The number of allylic oxidation sites excluding steroid dienone is 3. The molecule has 1 heterocycles. The van der Waals surface area contributed by atoms with Gasteiger partial charge in [0, 0.05) is 5.92 Å². The lowest BCUT2D eigenvalue weighted by Gasteiger charge is -2.31. The van der Waals surface area contributed by atoms with E-state index in [1.807, 2.05) is 13.8 Å². The van der Waals surface area contributed by atoms with Gasteiger partial charge < -0.3 is 9.84 Å². The summed E-state index contributed by atoms with van der Waals surface area (Å²) in [6.45, 7) is 16.8. The predicted molar refractivity (Wildman–Crippen MR) is 90.3 cm³/mol. The molecule has 1 saturated heterocycles. The summed E-state index contributed by atoms with van der Waals surface area (Å²) < 4.78 is 5.88. The van der Waals surface area contributed by atoms with E-state index in [-0.39, 0.29) is 12.0 Å². The van der Waals surface area contributed by atoms with Crippen LogP contribution in [-0.2, 0) is 4.74 Å². The van der Waals surface area contributed by atoms with Crippen molar-refractivity contribution in [1.29, 1.82) is 0 Å². The van der Waals surface area contributed by atoms with E-state index >= 15 is 0 Å². The minimum atomic E-state index is -0.817. The number of hydrogen-bond donors (Lipinski definition) is 1. The minimum absolute atomic E-state index is 0.114. The van der Waals surface area contributed by atoms with Gasteiger partial charge in [-0.1, -0.05) is 44.4 Å². The van der Waals surface area contributed by atoms with E-state index in [0.717, 1.165) is 5.57 Å². The molecule has 122 valence electrons. The summed E-state index contributed by atoms with van der Waals surface area (Å²) in [6.07, 6.45) is 5.01. The van der Waals surface area contributed by atoms with Crippen molar-refractivity contribution < 1.29 is 9.84 Å². The highest BCUT2D eigenvalue weighted by molar-refractivity contribution is 5.29. The number of ether oxygens (including phenoxy) is 1. The SMILES string of the molecule is CCC[C@@H](C)[C@H]1OC1[C@@H](C)[C@@](C)(O)/C(C)=C/C(C)=C(C)C.